The van der Waals surface area contributed by atoms with E-state index in [1.165, 1.54) is 17.8 Å². The molecule has 9 heteroatoms. The summed E-state index contributed by atoms with van der Waals surface area (Å²) >= 11 is 1.20. The first-order valence-electron chi connectivity index (χ1n) is 6.62. The van der Waals surface area contributed by atoms with Crippen molar-refractivity contribution in [3.8, 4) is 0 Å². The molecule has 1 fully saturated rings. The molecular formula is C13H13F2N5OS. The number of carbonyl (C=O) groups is 1. The molecule has 0 unspecified atom stereocenters. The topological polar surface area (TPSA) is 85.8 Å². The van der Waals surface area contributed by atoms with Crippen LogP contribution in [0.1, 0.15) is 18.9 Å². The maximum Gasteiger partial charge on any atom is 0.234 e. The summed E-state index contributed by atoms with van der Waals surface area (Å²) < 4.78 is 27.7. The van der Waals surface area contributed by atoms with Gasteiger partial charge in [-0.25, -0.2) is 8.78 Å². The average Bonchev–Trinajstić information content (AvgIpc) is 3.24. The second kappa shape index (κ2) is 5.91. The molecule has 0 spiro atoms. The second-order valence-electron chi connectivity index (χ2n) is 4.91. The molecule has 1 aliphatic carbocycles. The molecule has 1 aromatic carbocycles. The monoisotopic (exact) mass is 325 g/mol. The Morgan fingerprint density at radius 3 is 2.82 bits per heavy atom. The highest BCUT2D eigenvalue weighted by Gasteiger charge is 2.29. The second-order valence-corrected chi connectivity index (χ2v) is 5.85. The van der Waals surface area contributed by atoms with E-state index in [4.69, 9.17) is 5.73 Å². The molecule has 0 atom stereocenters. The van der Waals surface area contributed by atoms with Crippen molar-refractivity contribution in [2.75, 3.05) is 16.8 Å². The van der Waals surface area contributed by atoms with Crippen LogP contribution in [0.4, 0.5) is 20.4 Å². The van der Waals surface area contributed by atoms with Crippen molar-refractivity contribution in [1.29, 1.82) is 0 Å². The molecule has 0 bridgehead atoms. The van der Waals surface area contributed by atoms with Gasteiger partial charge in [0.05, 0.1) is 5.75 Å². The molecule has 0 radical (unpaired) electrons. The summed E-state index contributed by atoms with van der Waals surface area (Å²) in [4.78, 5) is 11.8. The van der Waals surface area contributed by atoms with Crippen LogP contribution in [0.5, 0.6) is 0 Å². The van der Waals surface area contributed by atoms with Gasteiger partial charge in [-0.05, 0) is 25.0 Å². The van der Waals surface area contributed by atoms with E-state index in [0.717, 1.165) is 25.0 Å². The minimum absolute atomic E-state index is 0.0733. The summed E-state index contributed by atoms with van der Waals surface area (Å²) in [6, 6.07) is 3.50. The Morgan fingerprint density at radius 2 is 2.14 bits per heavy atom. The van der Waals surface area contributed by atoms with E-state index in [1.807, 2.05) is 4.57 Å². The molecule has 116 valence electrons. The lowest BCUT2D eigenvalue weighted by Gasteiger charge is -2.07. The molecule has 22 heavy (non-hydrogen) atoms. The minimum atomic E-state index is -1.01. The average molecular weight is 325 g/mol. The molecule has 2 aromatic rings. The summed E-state index contributed by atoms with van der Waals surface area (Å²) in [6.45, 7) is 0. The van der Waals surface area contributed by atoms with E-state index in [-0.39, 0.29) is 17.3 Å². The molecule has 1 amide bonds. The number of nitrogens with one attached hydrogen (secondary N) is 1. The number of carbonyl (C=O) groups excluding carboxylic acids is 1. The van der Waals surface area contributed by atoms with Crippen LogP contribution in [0.3, 0.4) is 0 Å². The number of aromatic nitrogens is 3. The third-order valence-electron chi connectivity index (χ3n) is 3.14. The van der Waals surface area contributed by atoms with Gasteiger partial charge >= 0.3 is 0 Å². The Balaban J connectivity index is 1.59. The molecule has 1 heterocycles. The van der Waals surface area contributed by atoms with Gasteiger partial charge in [-0.15, -0.1) is 10.2 Å². The summed E-state index contributed by atoms with van der Waals surface area (Å²) in [5, 5.41) is 10.8. The van der Waals surface area contributed by atoms with Gasteiger partial charge in [-0.3, -0.25) is 9.36 Å². The Kier molecular flexibility index (Phi) is 3.97. The normalized spacial score (nSPS) is 14.1. The number of halogens is 2. The van der Waals surface area contributed by atoms with Crippen LogP contribution in [-0.4, -0.2) is 26.4 Å². The summed E-state index contributed by atoms with van der Waals surface area (Å²) in [6.07, 6.45) is 2.05. The number of nitrogens with zero attached hydrogens (tertiary/aromatic N) is 3. The largest absolute Gasteiger partial charge is 0.368 e. The van der Waals surface area contributed by atoms with Crippen molar-refractivity contribution in [3.63, 3.8) is 0 Å². The Labute approximate surface area is 129 Å². The van der Waals surface area contributed by atoms with Gasteiger partial charge in [0.2, 0.25) is 11.9 Å². The van der Waals surface area contributed by atoms with Gasteiger partial charge in [0.1, 0.15) is 0 Å². The molecule has 3 N–H and O–H groups in total. The Hall–Kier alpha value is -2.16. The first kappa shape index (κ1) is 14.8. The van der Waals surface area contributed by atoms with Crippen molar-refractivity contribution >= 4 is 29.3 Å². The highest BCUT2D eigenvalue weighted by atomic mass is 32.2. The van der Waals surface area contributed by atoms with Crippen molar-refractivity contribution in [2.45, 2.75) is 24.0 Å². The predicted molar refractivity (Wildman–Crippen MR) is 78.4 cm³/mol. The molecule has 1 aliphatic rings. The Bertz CT molecular complexity index is 716. The zero-order valence-electron chi connectivity index (χ0n) is 11.4. The fourth-order valence-electron chi connectivity index (χ4n) is 1.96. The van der Waals surface area contributed by atoms with Gasteiger partial charge in [0.15, 0.2) is 16.8 Å². The van der Waals surface area contributed by atoms with E-state index in [2.05, 4.69) is 15.5 Å². The van der Waals surface area contributed by atoms with Crippen molar-refractivity contribution in [2.24, 2.45) is 0 Å². The molecule has 3 rings (SSSR count). The maximum absolute atomic E-state index is 13.1. The molecule has 1 aromatic heterocycles. The minimum Gasteiger partial charge on any atom is -0.368 e. The fraction of sp³-hybridized carbons (Fsp3) is 0.308. The van der Waals surface area contributed by atoms with E-state index in [1.54, 1.807) is 0 Å². The summed E-state index contributed by atoms with van der Waals surface area (Å²) in [5.41, 5.74) is 5.94. The van der Waals surface area contributed by atoms with Crippen LogP contribution in [-0.2, 0) is 4.79 Å². The standard InChI is InChI=1S/C13H13F2N5OS/c14-9-4-1-7(5-10(9)15)17-11(21)6-22-13-19-18-12(16)20(13)8-2-3-8/h1,4-5,8H,2-3,6H2,(H2,16,18)(H,17,21). The fourth-order valence-corrected chi connectivity index (χ4v) is 2.78. The number of nitrogens with two attached hydrogens (primary N) is 1. The maximum atomic E-state index is 13.1. The number of amides is 1. The number of rotatable bonds is 5. The van der Waals surface area contributed by atoms with Crippen LogP contribution in [0, 0.1) is 11.6 Å². The molecule has 1 saturated carbocycles. The number of anilines is 2. The SMILES string of the molecule is Nc1nnc(SCC(=O)Nc2ccc(F)c(F)c2)n1C1CC1. The molecule has 0 aliphatic heterocycles. The van der Waals surface area contributed by atoms with Gasteiger partial charge in [-0.2, -0.15) is 0 Å². The lowest BCUT2D eigenvalue weighted by Crippen LogP contribution is -2.15. The van der Waals surface area contributed by atoms with Gasteiger partial charge in [0.25, 0.3) is 0 Å². The van der Waals surface area contributed by atoms with E-state index >= 15 is 0 Å². The summed E-state index contributed by atoms with van der Waals surface area (Å²) in [5.74, 6) is -1.90. The number of benzene rings is 1. The highest BCUT2D eigenvalue weighted by molar-refractivity contribution is 7.99. The number of thioether (sulfide) groups is 1. The first-order chi connectivity index (χ1) is 10.5. The van der Waals surface area contributed by atoms with Crippen LogP contribution in [0.25, 0.3) is 0 Å². The van der Waals surface area contributed by atoms with Crippen LogP contribution in [0.15, 0.2) is 23.4 Å². The molecule has 0 saturated heterocycles. The number of hydrogen-bond donors (Lipinski definition) is 2. The van der Waals surface area contributed by atoms with Crippen molar-refractivity contribution in [3.05, 3.63) is 29.8 Å². The first-order valence-corrected chi connectivity index (χ1v) is 7.61. The van der Waals surface area contributed by atoms with Crippen molar-refractivity contribution < 1.29 is 13.6 Å². The lowest BCUT2D eigenvalue weighted by molar-refractivity contribution is -0.113. The smallest absolute Gasteiger partial charge is 0.234 e. The van der Waals surface area contributed by atoms with Crippen LogP contribution in [0.2, 0.25) is 0 Å². The van der Waals surface area contributed by atoms with E-state index in [0.29, 0.717) is 17.1 Å². The van der Waals surface area contributed by atoms with Crippen molar-refractivity contribution in [1.82, 2.24) is 14.8 Å². The van der Waals surface area contributed by atoms with Gasteiger partial charge in [-0.1, -0.05) is 11.8 Å². The van der Waals surface area contributed by atoms with Gasteiger partial charge < -0.3 is 11.1 Å². The van der Waals surface area contributed by atoms with Crippen LogP contribution < -0.4 is 11.1 Å². The number of hydrogen-bond acceptors (Lipinski definition) is 5. The zero-order valence-corrected chi connectivity index (χ0v) is 12.2. The van der Waals surface area contributed by atoms with Gasteiger partial charge in [0, 0.05) is 17.8 Å². The van der Waals surface area contributed by atoms with E-state index < -0.39 is 11.6 Å². The quantitative estimate of drug-likeness (QED) is 0.823. The third-order valence-corrected chi connectivity index (χ3v) is 4.08. The number of nitrogen functional groups attached to an aromatic ring is 1. The highest BCUT2D eigenvalue weighted by Crippen LogP contribution is 2.39. The van der Waals surface area contributed by atoms with Crippen LogP contribution >= 0.6 is 11.8 Å². The zero-order chi connectivity index (χ0) is 15.7. The van der Waals surface area contributed by atoms with E-state index in [9.17, 15) is 13.6 Å². The molecular weight excluding hydrogens is 312 g/mol. The predicted octanol–water partition coefficient (Wildman–Crippen LogP) is 2.20. The lowest BCUT2D eigenvalue weighted by atomic mass is 10.3. The summed E-state index contributed by atoms with van der Waals surface area (Å²) in [7, 11) is 0. The third kappa shape index (κ3) is 3.19. The Morgan fingerprint density at radius 1 is 1.36 bits per heavy atom. The molecule has 6 nitrogen and oxygen atoms in total.